The fraction of sp³-hybridized carbons (Fsp3) is 0.462. The maximum absolute atomic E-state index is 11.9. The lowest BCUT2D eigenvalue weighted by Crippen LogP contribution is -2.31. The van der Waals surface area contributed by atoms with Crippen LogP contribution in [-0.2, 0) is 0 Å². The van der Waals surface area contributed by atoms with E-state index in [9.17, 15) is 15.0 Å². The van der Waals surface area contributed by atoms with Gasteiger partial charge in [-0.05, 0) is 30.9 Å². The molecule has 0 saturated heterocycles. The highest BCUT2D eigenvalue weighted by Gasteiger charge is 2.26. The summed E-state index contributed by atoms with van der Waals surface area (Å²) in [5.41, 5.74) is 0.0825. The average Bonchev–Trinajstić information content (AvgIpc) is 2.75. The van der Waals surface area contributed by atoms with Crippen LogP contribution in [0.4, 0.5) is 0 Å². The van der Waals surface area contributed by atoms with Gasteiger partial charge in [0.15, 0.2) is 11.5 Å². The Morgan fingerprint density at radius 1 is 1.39 bits per heavy atom. The number of amides is 1. The summed E-state index contributed by atoms with van der Waals surface area (Å²) in [6.45, 7) is 0.502. The first-order valence-electron chi connectivity index (χ1n) is 6.03. The van der Waals surface area contributed by atoms with Gasteiger partial charge in [0.2, 0.25) is 0 Å². The Hall–Kier alpha value is -1.42. The molecule has 0 spiro atoms. The van der Waals surface area contributed by atoms with E-state index in [1.54, 1.807) is 0 Å². The molecule has 0 bridgehead atoms. The Bertz CT molecular complexity index is 450. The molecule has 0 aliphatic heterocycles. The number of hydrogen-bond donors (Lipinski definition) is 3. The van der Waals surface area contributed by atoms with Crippen molar-refractivity contribution in [2.45, 2.75) is 24.6 Å². The number of hydrogen-bond acceptors (Lipinski definition) is 3. The van der Waals surface area contributed by atoms with E-state index < -0.39 is 0 Å². The van der Waals surface area contributed by atoms with Crippen molar-refractivity contribution in [2.75, 3.05) is 6.54 Å². The van der Waals surface area contributed by atoms with Crippen molar-refractivity contribution in [2.24, 2.45) is 5.92 Å². The molecule has 3 N–H and O–H groups in total. The van der Waals surface area contributed by atoms with Gasteiger partial charge in [0.05, 0.1) is 5.56 Å². The molecule has 0 aromatic heterocycles. The number of phenolic OH excluding ortho intramolecular Hbond substituents is 2. The zero-order chi connectivity index (χ0) is 13.1. The summed E-state index contributed by atoms with van der Waals surface area (Å²) in [4.78, 5) is 11.9. The second-order valence-corrected chi connectivity index (χ2v) is 5.15. The summed E-state index contributed by atoms with van der Waals surface area (Å²) in [5.74, 6) is -0.781. The first-order valence-corrected chi connectivity index (χ1v) is 6.46. The van der Waals surface area contributed by atoms with E-state index in [1.165, 1.54) is 18.2 Å². The van der Waals surface area contributed by atoms with Gasteiger partial charge in [-0.2, -0.15) is 0 Å². The summed E-state index contributed by atoms with van der Waals surface area (Å²) in [5, 5.41) is 21.8. The van der Waals surface area contributed by atoms with Crippen LogP contribution in [0, 0.1) is 5.92 Å². The van der Waals surface area contributed by atoms with Crippen LogP contribution >= 0.6 is 11.6 Å². The number of para-hydroxylation sites is 1. The average molecular weight is 270 g/mol. The molecule has 0 radical (unpaired) electrons. The van der Waals surface area contributed by atoms with Crippen molar-refractivity contribution in [1.29, 1.82) is 0 Å². The van der Waals surface area contributed by atoms with Gasteiger partial charge >= 0.3 is 0 Å². The summed E-state index contributed by atoms with van der Waals surface area (Å²) in [7, 11) is 0. The second kappa shape index (κ2) is 5.48. The molecule has 1 saturated carbocycles. The van der Waals surface area contributed by atoms with Gasteiger partial charge in [-0.3, -0.25) is 4.79 Å². The monoisotopic (exact) mass is 269 g/mol. The van der Waals surface area contributed by atoms with Crippen LogP contribution in [0.5, 0.6) is 11.5 Å². The van der Waals surface area contributed by atoms with Crippen LogP contribution in [0.1, 0.15) is 29.6 Å². The van der Waals surface area contributed by atoms with E-state index in [-0.39, 0.29) is 34.3 Å². The Balaban J connectivity index is 1.97. The van der Waals surface area contributed by atoms with E-state index in [4.69, 9.17) is 11.6 Å². The minimum atomic E-state index is -0.390. The topological polar surface area (TPSA) is 69.6 Å². The first-order chi connectivity index (χ1) is 8.59. The molecular weight excluding hydrogens is 254 g/mol. The van der Waals surface area contributed by atoms with Crippen LogP contribution in [0.3, 0.4) is 0 Å². The standard InChI is InChI=1S/C13H16ClNO3/c14-10-5-1-3-8(10)7-15-13(18)9-4-2-6-11(16)12(9)17/h2,4,6,8,10,16-17H,1,3,5,7H2,(H,15,18). The lowest BCUT2D eigenvalue weighted by Gasteiger charge is -2.14. The van der Waals surface area contributed by atoms with E-state index in [0.717, 1.165) is 19.3 Å². The number of benzene rings is 1. The normalized spacial score (nSPS) is 22.9. The minimum Gasteiger partial charge on any atom is -0.504 e. The second-order valence-electron chi connectivity index (χ2n) is 4.59. The van der Waals surface area contributed by atoms with Crippen LogP contribution in [0.25, 0.3) is 0 Å². The molecule has 18 heavy (non-hydrogen) atoms. The van der Waals surface area contributed by atoms with Gasteiger partial charge in [0.25, 0.3) is 5.91 Å². The maximum Gasteiger partial charge on any atom is 0.255 e. The molecule has 4 nitrogen and oxygen atoms in total. The maximum atomic E-state index is 11.9. The van der Waals surface area contributed by atoms with Crippen LogP contribution < -0.4 is 5.32 Å². The molecule has 2 unspecified atom stereocenters. The van der Waals surface area contributed by atoms with Crippen LogP contribution in [-0.4, -0.2) is 28.0 Å². The molecule has 1 fully saturated rings. The van der Waals surface area contributed by atoms with E-state index in [1.807, 2.05) is 0 Å². The summed E-state index contributed by atoms with van der Waals surface area (Å²) in [6, 6.07) is 4.32. The van der Waals surface area contributed by atoms with Crippen molar-refractivity contribution in [3.63, 3.8) is 0 Å². The zero-order valence-electron chi connectivity index (χ0n) is 9.90. The summed E-state index contributed by atoms with van der Waals surface area (Å²) in [6.07, 6.45) is 3.09. The Morgan fingerprint density at radius 3 is 2.83 bits per heavy atom. The largest absolute Gasteiger partial charge is 0.504 e. The van der Waals surface area contributed by atoms with Gasteiger partial charge in [0.1, 0.15) is 0 Å². The molecule has 1 aliphatic carbocycles. The van der Waals surface area contributed by atoms with E-state index >= 15 is 0 Å². The molecule has 5 heteroatoms. The highest BCUT2D eigenvalue weighted by Crippen LogP contribution is 2.30. The van der Waals surface area contributed by atoms with Gasteiger partial charge in [-0.1, -0.05) is 12.5 Å². The van der Waals surface area contributed by atoms with Crippen LogP contribution in [0.2, 0.25) is 0 Å². The first kappa shape index (κ1) is 13.0. The number of carbonyl (C=O) groups excluding carboxylic acids is 1. The number of rotatable bonds is 3. The Labute approximate surface area is 111 Å². The van der Waals surface area contributed by atoms with E-state index in [2.05, 4.69) is 5.32 Å². The Kier molecular flexibility index (Phi) is 3.97. The fourth-order valence-electron chi connectivity index (χ4n) is 2.26. The van der Waals surface area contributed by atoms with Crippen LogP contribution in [0.15, 0.2) is 18.2 Å². The number of carbonyl (C=O) groups is 1. The predicted octanol–water partition coefficient (Wildman–Crippen LogP) is 2.24. The quantitative estimate of drug-likeness (QED) is 0.582. The summed E-state index contributed by atoms with van der Waals surface area (Å²) >= 11 is 6.12. The third-order valence-corrected chi connectivity index (χ3v) is 3.93. The SMILES string of the molecule is O=C(NCC1CCCC1Cl)c1cccc(O)c1O. The summed E-state index contributed by atoms with van der Waals surface area (Å²) < 4.78 is 0. The van der Waals surface area contributed by atoms with Crippen molar-refractivity contribution >= 4 is 17.5 Å². The highest BCUT2D eigenvalue weighted by atomic mass is 35.5. The minimum absolute atomic E-state index is 0.0825. The Morgan fingerprint density at radius 2 is 2.17 bits per heavy atom. The molecule has 1 aromatic rings. The molecule has 2 atom stereocenters. The van der Waals surface area contributed by atoms with E-state index in [0.29, 0.717) is 6.54 Å². The van der Waals surface area contributed by atoms with Gasteiger partial charge in [-0.15, -0.1) is 11.6 Å². The van der Waals surface area contributed by atoms with Crippen molar-refractivity contribution in [3.8, 4) is 11.5 Å². The number of nitrogens with one attached hydrogen (secondary N) is 1. The number of phenols is 2. The highest BCUT2D eigenvalue weighted by molar-refractivity contribution is 6.21. The predicted molar refractivity (Wildman–Crippen MR) is 69.1 cm³/mol. The fourth-order valence-corrected chi connectivity index (χ4v) is 2.62. The third-order valence-electron chi connectivity index (χ3n) is 3.35. The van der Waals surface area contributed by atoms with Gasteiger partial charge < -0.3 is 15.5 Å². The molecular formula is C13H16ClNO3. The molecule has 1 aromatic carbocycles. The molecule has 98 valence electrons. The molecule has 1 aliphatic rings. The number of aromatic hydroxyl groups is 2. The van der Waals surface area contributed by atoms with Crippen molar-refractivity contribution < 1.29 is 15.0 Å². The van der Waals surface area contributed by atoms with Crippen molar-refractivity contribution in [3.05, 3.63) is 23.8 Å². The molecule has 0 heterocycles. The number of halogens is 1. The lowest BCUT2D eigenvalue weighted by atomic mass is 10.1. The molecule has 1 amide bonds. The smallest absolute Gasteiger partial charge is 0.255 e. The lowest BCUT2D eigenvalue weighted by molar-refractivity contribution is 0.0944. The zero-order valence-corrected chi connectivity index (χ0v) is 10.7. The van der Waals surface area contributed by atoms with Gasteiger partial charge in [-0.25, -0.2) is 0 Å². The molecule has 2 rings (SSSR count). The van der Waals surface area contributed by atoms with Crippen molar-refractivity contribution in [1.82, 2.24) is 5.32 Å². The van der Waals surface area contributed by atoms with Gasteiger partial charge in [0, 0.05) is 11.9 Å². The number of alkyl halides is 1. The third kappa shape index (κ3) is 2.70.